The SMILES string of the molecule is Cc1cc(CNC(=O)N2CCC(c3c[nH]c4ccccc34)CC2)nc(N2CCCC2)n1. The molecule has 2 N–H and O–H groups in total. The number of aromatic amines is 1. The highest BCUT2D eigenvalue weighted by molar-refractivity contribution is 5.83. The predicted molar refractivity (Wildman–Crippen MR) is 122 cm³/mol. The summed E-state index contributed by atoms with van der Waals surface area (Å²) >= 11 is 0. The molecular weight excluding hydrogens is 388 g/mol. The number of piperidine rings is 1. The van der Waals surface area contributed by atoms with Gasteiger partial charge in [-0.3, -0.25) is 0 Å². The number of carbonyl (C=O) groups is 1. The van der Waals surface area contributed by atoms with E-state index in [0.717, 1.165) is 56.4 Å². The van der Waals surface area contributed by atoms with Crippen molar-refractivity contribution in [2.24, 2.45) is 0 Å². The lowest BCUT2D eigenvalue weighted by Gasteiger charge is -2.32. The maximum Gasteiger partial charge on any atom is 0.317 e. The lowest BCUT2D eigenvalue weighted by molar-refractivity contribution is 0.181. The van der Waals surface area contributed by atoms with Gasteiger partial charge in [-0.05, 0) is 56.2 Å². The van der Waals surface area contributed by atoms with Gasteiger partial charge in [0, 0.05) is 49.0 Å². The summed E-state index contributed by atoms with van der Waals surface area (Å²) in [5.41, 5.74) is 4.38. The molecule has 2 amide bonds. The standard InChI is InChI=1S/C24H30N6O/c1-17-14-19(28-23(27-17)29-10-4-5-11-29)15-26-24(31)30-12-8-18(9-13-30)21-16-25-22-7-3-2-6-20(21)22/h2-3,6-7,14,16,18,25H,4-5,8-13,15H2,1H3,(H,26,31). The molecule has 7 heteroatoms. The van der Waals surface area contributed by atoms with Crippen molar-refractivity contribution in [1.29, 1.82) is 0 Å². The van der Waals surface area contributed by atoms with Crippen LogP contribution >= 0.6 is 0 Å². The number of likely N-dealkylation sites (tertiary alicyclic amines) is 1. The van der Waals surface area contributed by atoms with E-state index in [0.29, 0.717) is 12.5 Å². The number of nitrogens with zero attached hydrogens (tertiary/aromatic N) is 4. The molecule has 0 unspecified atom stereocenters. The normalized spacial score (nSPS) is 17.5. The van der Waals surface area contributed by atoms with Gasteiger partial charge in [0.05, 0.1) is 12.2 Å². The molecule has 0 saturated carbocycles. The molecule has 2 aliphatic rings. The average molecular weight is 419 g/mol. The van der Waals surface area contributed by atoms with Gasteiger partial charge in [-0.25, -0.2) is 14.8 Å². The molecular formula is C24H30N6O. The van der Waals surface area contributed by atoms with E-state index in [2.05, 4.69) is 55.6 Å². The molecule has 5 rings (SSSR count). The number of aryl methyl sites for hydroxylation is 1. The summed E-state index contributed by atoms with van der Waals surface area (Å²) in [6.45, 7) is 6.00. The van der Waals surface area contributed by atoms with Crippen LogP contribution in [0.5, 0.6) is 0 Å². The minimum Gasteiger partial charge on any atom is -0.361 e. The van der Waals surface area contributed by atoms with Crippen LogP contribution in [-0.4, -0.2) is 52.1 Å². The van der Waals surface area contributed by atoms with Crippen LogP contribution in [0.1, 0.15) is 48.6 Å². The first-order chi connectivity index (χ1) is 15.2. The van der Waals surface area contributed by atoms with Crippen LogP contribution in [0.25, 0.3) is 10.9 Å². The number of H-pyrrole nitrogens is 1. The summed E-state index contributed by atoms with van der Waals surface area (Å²) in [5, 5.41) is 4.37. The molecule has 2 fully saturated rings. The minimum atomic E-state index is -0.00337. The maximum absolute atomic E-state index is 12.8. The number of para-hydroxylation sites is 1. The predicted octanol–water partition coefficient (Wildman–Crippen LogP) is 3.96. The zero-order valence-electron chi connectivity index (χ0n) is 18.1. The number of amides is 2. The van der Waals surface area contributed by atoms with Crippen molar-refractivity contribution in [3.63, 3.8) is 0 Å². The monoisotopic (exact) mass is 418 g/mol. The van der Waals surface area contributed by atoms with E-state index in [1.807, 2.05) is 17.9 Å². The molecule has 2 aromatic heterocycles. The number of hydrogen-bond donors (Lipinski definition) is 2. The molecule has 0 radical (unpaired) electrons. The number of urea groups is 1. The van der Waals surface area contributed by atoms with E-state index in [1.165, 1.54) is 29.3 Å². The van der Waals surface area contributed by atoms with Gasteiger partial charge in [0.25, 0.3) is 0 Å². The topological polar surface area (TPSA) is 77.2 Å². The Bertz CT molecular complexity index is 1060. The number of nitrogens with one attached hydrogen (secondary N) is 2. The highest BCUT2D eigenvalue weighted by Crippen LogP contribution is 2.33. The Labute approximate surface area is 182 Å². The Morgan fingerprint density at radius 2 is 1.90 bits per heavy atom. The van der Waals surface area contributed by atoms with Crippen molar-refractivity contribution < 1.29 is 4.79 Å². The summed E-state index contributed by atoms with van der Waals surface area (Å²) in [5.74, 6) is 1.29. The van der Waals surface area contributed by atoms with Crippen molar-refractivity contribution in [2.75, 3.05) is 31.1 Å². The number of rotatable bonds is 4. The highest BCUT2D eigenvalue weighted by Gasteiger charge is 2.25. The second-order valence-corrected chi connectivity index (χ2v) is 8.70. The van der Waals surface area contributed by atoms with E-state index in [9.17, 15) is 4.79 Å². The molecule has 0 aliphatic carbocycles. The molecule has 7 nitrogen and oxygen atoms in total. The van der Waals surface area contributed by atoms with Crippen molar-refractivity contribution in [1.82, 2.24) is 25.2 Å². The van der Waals surface area contributed by atoms with Crippen LogP contribution in [0.4, 0.5) is 10.7 Å². The van der Waals surface area contributed by atoms with Crippen LogP contribution in [0.15, 0.2) is 36.5 Å². The highest BCUT2D eigenvalue weighted by atomic mass is 16.2. The molecule has 4 heterocycles. The van der Waals surface area contributed by atoms with Gasteiger partial charge >= 0.3 is 6.03 Å². The van der Waals surface area contributed by atoms with Crippen LogP contribution in [0.3, 0.4) is 0 Å². The van der Waals surface area contributed by atoms with Gasteiger partial charge in [0.1, 0.15) is 0 Å². The smallest absolute Gasteiger partial charge is 0.317 e. The van der Waals surface area contributed by atoms with Gasteiger partial charge in [-0.15, -0.1) is 0 Å². The molecule has 1 aromatic carbocycles. The van der Waals surface area contributed by atoms with Gasteiger partial charge in [0.15, 0.2) is 0 Å². The fraction of sp³-hybridized carbons (Fsp3) is 0.458. The number of benzene rings is 1. The summed E-state index contributed by atoms with van der Waals surface area (Å²) in [7, 11) is 0. The number of fused-ring (bicyclic) bond motifs is 1. The fourth-order valence-electron chi connectivity index (χ4n) is 4.87. The lowest BCUT2D eigenvalue weighted by Crippen LogP contribution is -2.44. The largest absolute Gasteiger partial charge is 0.361 e. The summed E-state index contributed by atoms with van der Waals surface area (Å²) in [6.07, 6.45) is 6.50. The second-order valence-electron chi connectivity index (χ2n) is 8.70. The number of anilines is 1. The van der Waals surface area contributed by atoms with Crippen molar-refractivity contribution >= 4 is 22.9 Å². The van der Waals surface area contributed by atoms with Crippen LogP contribution in [-0.2, 0) is 6.54 Å². The third-order valence-electron chi connectivity index (χ3n) is 6.55. The van der Waals surface area contributed by atoms with Gasteiger partial charge in [0.2, 0.25) is 5.95 Å². The molecule has 162 valence electrons. The molecule has 31 heavy (non-hydrogen) atoms. The van der Waals surface area contributed by atoms with E-state index < -0.39 is 0 Å². The van der Waals surface area contributed by atoms with Gasteiger partial charge in [-0.2, -0.15) is 0 Å². The molecule has 0 bridgehead atoms. The second kappa shape index (κ2) is 8.57. The van der Waals surface area contributed by atoms with Crippen LogP contribution in [0, 0.1) is 6.92 Å². The Morgan fingerprint density at radius 3 is 2.71 bits per heavy atom. The third-order valence-corrected chi connectivity index (χ3v) is 6.55. The maximum atomic E-state index is 12.8. The van der Waals surface area contributed by atoms with E-state index in [4.69, 9.17) is 0 Å². The van der Waals surface area contributed by atoms with Crippen LogP contribution in [0.2, 0.25) is 0 Å². The van der Waals surface area contributed by atoms with Crippen molar-refractivity contribution in [3.05, 3.63) is 53.5 Å². The summed E-state index contributed by atoms with van der Waals surface area (Å²) in [6, 6.07) is 10.4. The molecule has 2 saturated heterocycles. The van der Waals surface area contributed by atoms with E-state index >= 15 is 0 Å². The first-order valence-corrected chi connectivity index (χ1v) is 11.4. The van der Waals surface area contributed by atoms with Gasteiger partial charge in [-0.1, -0.05) is 18.2 Å². The van der Waals surface area contributed by atoms with E-state index in [1.54, 1.807) is 0 Å². The lowest BCUT2D eigenvalue weighted by atomic mass is 9.89. The number of hydrogen-bond acceptors (Lipinski definition) is 4. The zero-order valence-corrected chi connectivity index (χ0v) is 18.1. The first-order valence-electron chi connectivity index (χ1n) is 11.4. The van der Waals surface area contributed by atoms with E-state index in [-0.39, 0.29) is 6.03 Å². The van der Waals surface area contributed by atoms with Crippen LogP contribution < -0.4 is 10.2 Å². The molecule has 2 aliphatic heterocycles. The Kier molecular flexibility index (Phi) is 5.49. The molecule has 0 atom stereocenters. The fourth-order valence-corrected chi connectivity index (χ4v) is 4.87. The number of aromatic nitrogens is 3. The Hall–Kier alpha value is -3.09. The molecule has 3 aromatic rings. The Balaban J connectivity index is 1.17. The quantitative estimate of drug-likeness (QED) is 0.672. The van der Waals surface area contributed by atoms with Crippen molar-refractivity contribution in [2.45, 2.75) is 45.1 Å². The van der Waals surface area contributed by atoms with Crippen molar-refractivity contribution in [3.8, 4) is 0 Å². The first kappa shape index (κ1) is 19.8. The number of carbonyl (C=O) groups excluding carboxylic acids is 1. The third kappa shape index (κ3) is 4.22. The van der Waals surface area contributed by atoms with Gasteiger partial charge < -0.3 is 20.1 Å². The zero-order chi connectivity index (χ0) is 21.2. The minimum absolute atomic E-state index is 0.00337. The summed E-state index contributed by atoms with van der Waals surface area (Å²) in [4.78, 5) is 29.6. The average Bonchev–Trinajstić information content (AvgIpc) is 3.48. The Morgan fingerprint density at radius 1 is 1.13 bits per heavy atom. The molecule has 0 spiro atoms. The summed E-state index contributed by atoms with van der Waals surface area (Å²) < 4.78 is 0.